The first-order valence-electron chi connectivity index (χ1n) is 5.67. The molecule has 1 atom stereocenters. The lowest BCUT2D eigenvalue weighted by Crippen LogP contribution is -2.29. The summed E-state index contributed by atoms with van der Waals surface area (Å²) < 4.78 is 37.5. The highest BCUT2D eigenvalue weighted by Gasteiger charge is 2.40. The van der Waals surface area contributed by atoms with Gasteiger partial charge in [0.1, 0.15) is 0 Å². The molecule has 2 rings (SSSR count). The lowest BCUT2D eigenvalue weighted by Gasteiger charge is -2.23. The number of alkyl halides is 3. The van der Waals surface area contributed by atoms with E-state index in [9.17, 15) is 18.3 Å². The molecule has 1 aromatic carbocycles. The van der Waals surface area contributed by atoms with E-state index in [4.69, 9.17) is 0 Å². The van der Waals surface area contributed by atoms with Crippen LogP contribution in [0.5, 0.6) is 0 Å². The summed E-state index contributed by atoms with van der Waals surface area (Å²) in [5, 5.41) is 10.1. The SMILES string of the molecule is CC(O)(Cc1cccc(C(F)(F)F)c1)C1CC1. The molecule has 1 saturated carbocycles. The van der Waals surface area contributed by atoms with Gasteiger partial charge in [0.05, 0.1) is 11.2 Å². The predicted molar refractivity (Wildman–Crippen MR) is 58.5 cm³/mol. The summed E-state index contributed by atoms with van der Waals surface area (Å²) >= 11 is 0. The van der Waals surface area contributed by atoms with Gasteiger partial charge < -0.3 is 5.11 Å². The highest BCUT2D eigenvalue weighted by atomic mass is 19.4. The number of benzene rings is 1. The van der Waals surface area contributed by atoms with E-state index in [-0.39, 0.29) is 12.3 Å². The number of halogens is 3. The molecule has 0 aromatic heterocycles. The van der Waals surface area contributed by atoms with Gasteiger partial charge in [-0.1, -0.05) is 18.2 Å². The molecule has 0 heterocycles. The van der Waals surface area contributed by atoms with Gasteiger partial charge in [0.2, 0.25) is 0 Å². The zero-order chi connectivity index (χ0) is 12.7. The average molecular weight is 244 g/mol. The Bertz CT molecular complexity index is 405. The molecule has 0 aliphatic heterocycles. The van der Waals surface area contributed by atoms with Crippen molar-refractivity contribution >= 4 is 0 Å². The molecule has 4 heteroatoms. The molecule has 1 aromatic rings. The van der Waals surface area contributed by atoms with Crippen molar-refractivity contribution in [1.82, 2.24) is 0 Å². The molecule has 17 heavy (non-hydrogen) atoms. The molecule has 1 aliphatic carbocycles. The minimum Gasteiger partial charge on any atom is -0.390 e. The first kappa shape index (κ1) is 12.4. The van der Waals surface area contributed by atoms with Gasteiger partial charge in [-0.3, -0.25) is 0 Å². The zero-order valence-electron chi connectivity index (χ0n) is 9.59. The number of aliphatic hydroxyl groups is 1. The zero-order valence-corrected chi connectivity index (χ0v) is 9.59. The molecule has 0 radical (unpaired) electrons. The number of hydrogen-bond donors (Lipinski definition) is 1. The van der Waals surface area contributed by atoms with E-state index in [1.54, 1.807) is 13.0 Å². The minimum absolute atomic E-state index is 0.233. The van der Waals surface area contributed by atoms with Crippen molar-refractivity contribution in [3.05, 3.63) is 35.4 Å². The smallest absolute Gasteiger partial charge is 0.390 e. The monoisotopic (exact) mass is 244 g/mol. The molecule has 1 N–H and O–H groups in total. The predicted octanol–water partition coefficient (Wildman–Crippen LogP) is 3.41. The van der Waals surface area contributed by atoms with Crippen molar-refractivity contribution in [3.63, 3.8) is 0 Å². The number of hydrogen-bond acceptors (Lipinski definition) is 1. The van der Waals surface area contributed by atoms with Crippen LogP contribution in [0.25, 0.3) is 0 Å². The van der Waals surface area contributed by atoms with E-state index in [2.05, 4.69) is 0 Å². The summed E-state index contributed by atoms with van der Waals surface area (Å²) in [6.07, 6.45) is -2.11. The fourth-order valence-electron chi connectivity index (χ4n) is 2.12. The summed E-state index contributed by atoms with van der Waals surface area (Å²) in [7, 11) is 0. The molecule has 94 valence electrons. The maximum Gasteiger partial charge on any atom is 0.416 e. The maximum atomic E-state index is 12.5. The summed E-state index contributed by atoms with van der Waals surface area (Å²) in [6.45, 7) is 1.70. The van der Waals surface area contributed by atoms with Gasteiger partial charge in [-0.25, -0.2) is 0 Å². The topological polar surface area (TPSA) is 20.2 Å². The van der Waals surface area contributed by atoms with E-state index in [0.29, 0.717) is 5.56 Å². The molecule has 1 nitrogen and oxygen atoms in total. The Balaban J connectivity index is 2.16. The summed E-state index contributed by atoms with van der Waals surface area (Å²) in [4.78, 5) is 0. The first-order chi connectivity index (χ1) is 7.79. The van der Waals surface area contributed by atoms with Gasteiger partial charge in [-0.15, -0.1) is 0 Å². The summed E-state index contributed by atoms with van der Waals surface area (Å²) in [5.41, 5.74) is -0.997. The Kier molecular flexibility index (Phi) is 2.94. The molecule has 0 spiro atoms. The Morgan fingerprint density at radius 2 is 1.94 bits per heavy atom. The van der Waals surface area contributed by atoms with Crippen LogP contribution in [0, 0.1) is 5.92 Å². The van der Waals surface area contributed by atoms with Gasteiger partial charge in [0, 0.05) is 6.42 Å². The quantitative estimate of drug-likeness (QED) is 0.863. The fraction of sp³-hybridized carbons (Fsp3) is 0.538. The van der Waals surface area contributed by atoms with Crippen LogP contribution in [0.2, 0.25) is 0 Å². The third kappa shape index (κ3) is 3.00. The molecule has 0 amide bonds. The Morgan fingerprint density at radius 1 is 1.29 bits per heavy atom. The second-order valence-electron chi connectivity index (χ2n) is 5.01. The normalized spacial score (nSPS) is 20.1. The van der Waals surface area contributed by atoms with Crippen molar-refractivity contribution in [1.29, 1.82) is 0 Å². The second-order valence-corrected chi connectivity index (χ2v) is 5.01. The van der Waals surface area contributed by atoms with Crippen molar-refractivity contribution in [2.24, 2.45) is 5.92 Å². The lowest BCUT2D eigenvalue weighted by molar-refractivity contribution is -0.137. The van der Waals surface area contributed by atoms with Crippen molar-refractivity contribution in [2.45, 2.75) is 38.0 Å². The van der Waals surface area contributed by atoms with Gasteiger partial charge in [-0.2, -0.15) is 13.2 Å². The molecule has 0 bridgehead atoms. The van der Waals surface area contributed by atoms with E-state index in [1.165, 1.54) is 6.07 Å². The molecule has 1 fully saturated rings. The summed E-state index contributed by atoms with van der Waals surface area (Å²) in [5.74, 6) is 0.233. The molecular formula is C13H15F3O. The number of rotatable bonds is 3. The molecular weight excluding hydrogens is 229 g/mol. The van der Waals surface area contributed by atoms with E-state index in [1.807, 2.05) is 0 Å². The van der Waals surface area contributed by atoms with Crippen LogP contribution in [0.4, 0.5) is 13.2 Å². The van der Waals surface area contributed by atoms with Crippen molar-refractivity contribution in [2.75, 3.05) is 0 Å². The van der Waals surface area contributed by atoms with Crippen LogP contribution in [0.3, 0.4) is 0 Å². The van der Waals surface area contributed by atoms with Gasteiger partial charge >= 0.3 is 6.18 Å². The lowest BCUT2D eigenvalue weighted by atomic mass is 9.91. The molecule has 0 saturated heterocycles. The minimum atomic E-state index is -4.32. The van der Waals surface area contributed by atoms with Crippen LogP contribution >= 0.6 is 0 Å². The Hall–Kier alpha value is -1.03. The van der Waals surface area contributed by atoms with Gasteiger partial charge in [0.15, 0.2) is 0 Å². The van der Waals surface area contributed by atoms with Crippen LogP contribution in [0.15, 0.2) is 24.3 Å². The third-order valence-electron chi connectivity index (χ3n) is 3.27. The second kappa shape index (κ2) is 4.02. The van der Waals surface area contributed by atoms with E-state index >= 15 is 0 Å². The Morgan fingerprint density at radius 3 is 2.47 bits per heavy atom. The molecule has 1 aliphatic rings. The third-order valence-corrected chi connectivity index (χ3v) is 3.27. The van der Waals surface area contributed by atoms with Crippen LogP contribution in [-0.4, -0.2) is 10.7 Å². The van der Waals surface area contributed by atoms with Gasteiger partial charge in [0.25, 0.3) is 0 Å². The van der Waals surface area contributed by atoms with Crippen LogP contribution in [0.1, 0.15) is 30.9 Å². The maximum absolute atomic E-state index is 12.5. The summed E-state index contributed by atoms with van der Waals surface area (Å²) in [6, 6.07) is 5.19. The average Bonchev–Trinajstić information content (AvgIpc) is 2.99. The Labute approximate surface area is 98.3 Å². The van der Waals surface area contributed by atoms with E-state index in [0.717, 1.165) is 25.0 Å². The van der Waals surface area contributed by atoms with Crippen molar-refractivity contribution < 1.29 is 18.3 Å². The fourth-order valence-corrected chi connectivity index (χ4v) is 2.12. The highest BCUT2D eigenvalue weighted by molar-refractivity contribution is 5.27. The standard InChI is InChI=1S/C13H15F3O/c1-12(17,10-5-6-10)8-9-3-2-4-11(7-9)13(14,15)16/h2-4,7,10,17H,5-6,8H2,1H3. The first-order valence-corrected chi connectivity index (χ1v) is 5.67. The largest absolute Gasteiger partial charge is 0.416 e. The van der Waals surface area contributed by atoms with Crippen molar-refractivity contribution in [3.8, 4) is 0 Å². The van der Waals surface area contributed by atoms with Crippen LogP contribution < -0.4 is 0 Å². The molecule has 1 unspecified atom stereocenters. The van der Waals surface area contributed by atoms with E-state index < -0.39 is 17.3 Å². The highest BCUT2D eigenvalue weighted by Crippen LogP contribution is 2.41. The van der Waals surface area contributed by atoms with Gasteiger partial charge in [-0.05, 0) is 37.3 Å². The van der Waals surface area contributed by atoms with Crippen LogP contribution in [-0.2, 0) is 12.6 Å².